The Bertz CT molecular complexity index is 1380. The van der Waals surface area contributed by atoms with E-state index in [0.717, 1.165) is 60.8 Å². The Kier molecular flexibility index (Phi) is 6.53. The molecule has 4 aromatic heterocycles. The minimum atomic E-state index is 0.176. The summed E-state index contributed by atoms with van der Waals surface area (Å²) in [5, 5.41) is 4.32. The number of pyridine rings is 2. The van der Waals surface area contributed by atoms with E-state index < -0.39 is 0 Å². The number of aromatic nitrogens is 5. The van der Waals surface area contributed by atoms with Crippen molar-refractivity contribution in [1.29, 1.82) is 0 Å². The Labute approximate surface area is 210 Å². The van der Waals surface area contributed by atoms with Crippen LogP contribution in [0.2, 0.25) is 0 Å². The molecular weight excluding hydrogens is 456 g/mol. The van der Waals surface area contributed by atoms with Crippen LogP contribution in [0.15, 0.2) is 30.7 Å². The lowest BCUT2D eigenvalue weighted by Gasteiger charge is -2.35. The summed E-state index contributed by atoms with van der Waals surface area (Å²) in [5.74, 6) is 2.11. The van der Waals surface area contributed by atoms with Crippen LogP contribution in [-0.2, 0) is 4.79 Å². The van der Waals surface area contributed by atoms with Crippen molar-refractivity contribution >= 4 is 28.4 Å². The standard InChI is InChI=1S/C26H34N8O2/c1-17(2)23-24(18-14-20(36-5)26-27-16-28-34(26)15-18)29-19-6-7-21(30-25(19)23)33-12-10-32(11-13-33)9-8-22(35)31(3)4/h6-7,14-17,29H,8-13H2,1-5H3. The number of fused-ring (bicyclic) bond motifs is 2. The van der Waals surface area contributed by atoms with Gasteiger partial charge in [0, 0.05) is 70.6 Å². The summed E-state index contributed by atoms with van der Waals surface area (Å²) >= 11 is 0. The summed E-state index contributed by atoms with van der Waals surface area (Å²) in [6.45, 7) is 8.82. The largest absolute Gasteiger partial charge is 0.493 e. The fourth-order valence-electron chi connectivity index (χ4n) is 4.90. The minimum Gasteiger partial charge on any atom is -0.493 e. The number of anilines is 1. The summed E-state index contributed by atoms with van der Waals surface area (Å²) < 4.78 is 7.33. The molecule has 1 N–H and O–H groups in total. The highest BCUT2D eigenvalue weighted by Crippen LogP contribution is 2.37. The molecule has 0 bridgehead atoms. The number of amides is 1. The lowest BCUT2D eigenvalue weighted by molar-refractivity contribution is -0.129. The topological polar surface area (TPSA) is 94.9 Å². The minimum absolute atomic E-state index is 0.176. The van der Waals surface area contributed by atoms with E-state index in [1.54, 1.807) is 16.5 Å². The summed E-state index contributed by atoms with van der Waals surface area (Å²) in [6.07, 6.45) is 4.07. The third-order valence-corrected chi connectivity index (χ3v) is 6.93. The maximum Gasteiger partial charge on any atom is 0.223 e. The second-order valence-corrected chi connectivity index (χ2v) is 9.83. The van der Waals surface area contributed by atoms with Crippen LogP contribution in [0.1, 0.15) is 31.7 Å². The number of hydrogen-bond donors (Lipinski definition) is 1. The second kappa shape index (κ2) is 9.77. The first-order valence-corrected chi connectivity index (χ1v) is 12.4. The number of carbonyl (C=O) groups is 1. The van der Waals surface area contributed by atoms with Gasteiger partial charge in [0.2, 0.25) is 5.91 Å². The van der Waals surface area contributed by atoms with Crippen LogP contribution in [0.5, 0.6) is 5.75 Å². The molecule has 5 heterocycles. The van der Waals surface area contributed by atoms with Crippen LogP contribution in [0.25, 0.3) is 27.9 Å². The smallest absolute Gasteiger partial charge is 0.223 e. The normalized spacial score (nSPS) is 14.8. The van der Waals surface area contributed by atoms with Gasteiger partial charge in [0.25, 0.3) is 0 Å². The lowest BCUT2D eigenvalue weighted by atomic mass is 9.99. The Morgan fingerprint density at radius 2 is 1.97 bits per heavy atom. The Morgan fingerprint density at radius 1 is 1.19 bits per heavy atom. The molecular formula is C26H34N8O2. The Morgan fingerprint density at radius 3 is 2.67 bits per heavy atom. The van der Waals surface area contributed by atoms with Crippen LogP contribution >= 0.6 is 0 Å². The van der Waals surface area contributed by atoms with Gasteiger partial charge >= 0.3 is 0 Å². The zero-order chi connectivity index (χ0) is 25.4. The van der Waals surface area contributed by atoms with Gasteiger partial charge in [0.05, 0.1) is 23.8 Å². The molecule has 0 saturated carbocycles. The molecule has 5 rings (SSSR count). The quantitative estimate of drug-likeness (QED) is 0.426. The van der Waals surface area contributed by atoms with Gasteiger partial charge in [-0.25, -0.2) is 14.5 Å². The molecule has 0 radical (unpaired) electrons. The van der Waals surface area contributed by atoms with Gasteiger partial charge in [-0.05, 0) is 24.1 Å². The predicted molar refractivity (Wildman–Crippen MR) is 141 cm³/mol. The van der Waals surface area contributed by atoms with Gasteiger partial charge in [-0.15, -0.1) is 0 Å². The molecule has 0 unspecified atom stereocenters. The number of rotatable bonds is 7. The Balaban J connectivity index is 1.42. The van der Waals surface area contributed by atoms with Crippen LogP contribution < -0.4 is 9.64 Å². The summed E-state index contributed by atoms with van der Waals surface area (Å²) in [6, 6.07) is 6.22. The fourth-order valence-corrected chi connectivity index (χ4v) is 4.90. The molecule has 10 heteroatoms. The number of methoxy groups -OCH3 is 1. The van der Waals surface area contributed by atoms with Gasteiger partial charge in [0.15, 0.2) is 11.4 Å². The van der Waals surface area contributed by atoms with Gasteiger partial charge in [0.1, 0.15) is 12.1 Å². The number of ether oxygens (including phenoxy) is 1. The third-order valence-electron chi connectivity index (χ3n) is 6.93. The third kappa shape index (κ3) is 4.48. The van der Waals surface area contributed by atoms with Crippen molar-refractivity contribution in [2.24, 2.45) is 0 Å². The van der Waals surface area contributed by atoms with E-state index in [-0.39, 0.29) is 11.8 Å². The van der Waals surface area contributed by atoms with Crippen molar-refractivity contribution in [1.82, 2.24) is 34.4 Å². The molecule has 0 spiro atoms. The van der Waals surface area contributed by atoms with E-state index in [1.807, 2.05) is 26.4 Å². The van der Waals surface area contributed by atoms with E-state index >= 15 is 0 Å². The lowest BCUT2D eigenvalue weighted by Crippen LogP contribution is -2.47. The van der Waals surface area contributed by atoms with Crippen molar-refractivity contribution in [2.75, 3.05) is 58.8 Å². The fraction of sp³-hybridized carbons (Fsp3) is 0.462. The van der Waals surface area contributed by atoms with Crippen molar-refractivity contribution in [3.63, 3.8) is 0 Å². The van der Waals surface area contributed by atoms with Crippen LogP contribution in [0.3, 0.4) is 0 Å². The number of aromatic amines is 1. The number of nitrogens with one attached hydrogen (secondary N) is 1. The molecule has 1 saturated heterocycles. The molecule has 1 aliphatic heterocycles. The van der Waals surface area contributed by atoms with Gasteiger partial charge < -0.3 is 19.5 Å². The van der Waals surface area contributed by atoms with Crippen molar-refractivity contribution in [3.05, 3.63) is 36.3 Å². The first kappa shape index (κ1) is 24.1. The van der Waals surface area contributed by atoms with E-state index in [9.17, 15) is 4.79 Å². The summed E-state index contributed by atoms with van der Waals surface area (Å²) in [4.78, 5) is 31.3. The zero-order valence-corrected chi connectivity index (χ0v) is 21.7. The van der Waals surface area contributed by atoms with Crippen LogP contribution in [0.4, 0.5) is 5.82 Å². The molecule has 0 aliphatic carbocycles. The number of carbonyl (C=O) groups excluding carboxylic acids is 1. The maximum atomic E-state index is 11.9. The van der Waals surface area contributed by atoms with E-state index in [0.29, 0.717) is 17.8 Å². The first-order valence-electron chi connectivity index (χ1n) is 12.4. The van der Waals surface area contributed by atoms with Gasteiger partial charge in [-0.1, -0.05) is 13.8 Å². The number of piperazine rings is 1. The van der Waals surface area contributed by atoms with Crippen LogP contribution in [-0.4, -0.2) is 94.2 Å². The highest BCUT2D eigenvalue weighted by atomic mass is 16.5. The van der Waals surface area contributed by atoms with Crippen molar-refractivity contribution in [2.45, 2.75) is 26.2 Å². The van der Waals surface area contributed by atoms with E-state index in [1.165, 1.54) is 11.9 Å². The van der Waals surface area contributed by atoms with Gasteiger partial charge in [-0.3, -0.25) is 9.69 Å². The molecule has 1 aliphatic rings. The highest BCUT2D eigenvalue weighted by Gasteiger charge is 2.23. The maximum absolute atomic E-state index is 11.9. The Hall–Kier alpha value is -3.66. The SMILES string of the molecule is COc1cc(-c2[nH]c3ccc(N4CCN(CCC(=O)N(C)C)CC4)nc3c2C(C)C)cn2ncnc12. The molecule has 0 atom stereocenters. The average Bonchev–Trinajstić information content (AvgIpc) is 3.51. The molecule has 10 nitrogen and oxygen atoms in total. The van der Waals surface area contributed by atoms with Crippen LogP contribution in [0, 0.1) is 0 Å². The molecule has 0 aromatic carbocycles. The van der Waals surface area contributed by atoms with Gasteiger partial charge in [-0.2, -0.15) is 5.10 Å². The van der Waals surface area contributed by atoms with E-state index in [4.69, 9.17) is 9.72 Å². The zero-order valence-electron chi connectivity index (χ0n) is 21.7. The highest BCUT2D eigenvalue weighted by molar-refractivity contribution is 5.90. The van der Waals surface area contributed by atoms with E-state index in [2.05, 4.69) is 50.8 Å². The number of hydrogen-bond acceptors (Lipinski definition) is 7. The molecule has 1 fully saturated rings. The number of H-pyrrole nitrogens is 1. The molecule has 4 aromatic rings. The van der Waals surface area contributed by atoms with Crippen molar-refractivity contribution < 1.29 is 9.53 Å². The summed E-state index contributed by atoms with van der Waals surface area (Å²) in [7, 11) is 5.27. The van der Waals surface area contributed by atoms with Crippen molar-refractivity contribution in [3.8, 4) is 17.0 Å². The number of nitrogens with zero attached hydrogens (tertiary/aromatic N) is 7. The predicted octanol–water partition coefficient (Wildman–Crippen LogP) is 3.00. The monoisotopic (exact) mass is 490 g/mol. The molecule has 1 amide bonds. The average molecular weight is 491 g/mol. The molecule has 36 heavy (non-hydrogen) atoms. The first-order chi connectivity index (χ1) is 17.4. The molecule has 190 valence electrons. The summed E-state index contributed by atoms with van der Waals surface area (Å²) in [5.41, 5.74) is 5.87. The second-order valence-electron chi connectivity index (χ2n) is 9.83.